The predicted molar refractivity (Wildman–Crippen MR) is 146 cm³/mol. The van der Waals surface area contributed by atoms with Gasteiger partial charge in [0.1, 0.15) is 5.60 Å². The van der Waals surface area contributed by atoms with Gasteiger partial charge in [-0.25, -0.2) is 0 Å². The van der Waals surface area contributed by atoms with Gasteiger partial charge in [0.2, 0.25) is 17.6 Å². The van der Waals surface area contributed by atoms with Crippen molar-refractivity contribution in [3.05, 3.63) is 65.3 Å². The van der Waals surface area contributed by atoms with Crippen LogP contribution in [0.25, 0.3) is 11.4 Å². The zero-order valence-electron chi connectivity index (χ0n) is 22.9. The van der Waals surface area contributed by atoms with Gasteiger partial charge in [0.15, 0.2) is 0 Å². The predicted octanol–water partition coefficient (Wildman–Crippen LogP) is 4.72. The average molecular weight is 592 g/mol. The van der Waals surface area contributed by atoms with Gasteiger partial charge in [-0.1, -0.05) is 36.3 Å². The second-order valence-electron chi connectivity index (χ2n) is 11.7. The van der Waals surface area contributed by atoms with E-state index in [1.165, 1.54) is 12.1 Å². The van der Waals surface area contributed by atoms with Crippen LogP contribution < -0.4 is 5.32 Å². The Morgan fingerprint density at radius 3 is 2.29 bits per heavy atom. The van der Waals surface area contributed by atoms with Crippen LogP contribution in [0.15, 0.2) is 47.2 Å². The third-order valence-electron chi connectivity index (χ3n) is 9.20. The fraction of sp³-hybridized carbons (Fsp3) is 0.517. The minimum Gasteiger partial charge on any atom is -0.380 e. The summed E-state index contributed by atoms with van der Waals surface area (Å²) in [6.07, 6.45) is 0.499. The van der Waals surface area contributed by atoms with Crippen LogP contribution in [0.5, 0.6) is 0 Å². The summed E-state index contributed by atoms with van der Waals surface area (Å²) in [6.45, 7) is 5.82. The second-order valence-corrected chi connectivity index (χ2v) is 11.7. The van der Waals surface area contributed by atoms with E-state index < -0.39 is 22.6 Å². The minimum atomic E-state index is -4.30. The van der Waals surface area contributed by atoms with Gasteiger partial charge in [-0.05, 0) is 42.9 Å². The van der Waals surface area contributed by atoms with Crippen molar-refractivity contribution < 1.29 is 27.6 Å². The number of aromatic nitrogens is 3. The molecule has 0 bridgehead atoms. The maximum absolute atomic E-state index is 13.7. The lowest BCUT2D eigenvalue weighted by molar-refractivity contribution is -0.160. The molecule has 4 heterocycles. The lowest BCUT2D eigenvalue weighted by Gasteiger charge is -2.52. The molecule has 0 unspecified atom stereocenters. The molecule has 2 aromatic heterocycles. The van der Waals surface area contributed by atoms with Crippen molar-refractivity contribution in [1.29, 1.82) is 0 Å². The molecule has 1 saturated carbocycles. The molecular formula is C29H33ClF3N5O3. The van der Waals surface area contributed by atoms with E-state index >= 15 is 0 Å². The maximum atomic E-state index is 13.7. The van der Waals surface area contributed by atoms with Gasteiger partial charge >= 0.3 is 6.18 Å². The summed E-state index contributed by atoms with van der Waals surface area (Å²) in [5, 5.41) is 19.7. The van der Waals surface area contributed by atoms with E-state index in [0.717, 1.165) is 12.8 Å². The first-order valence-electron chi connectivity index (χ1n) is 13.6. The highest BCUT2D eigenvalue weighted by molar-refractivity contribution is 5.85. The molecule has 220 valence electrons. The number of pyridine rings is 1. The summed E-state index contributed by atoms with van der Waals surface area (Å²) < 4.78 is 46.7. The number of nitrogens with zero attached hydrogens (tertiary/aromatic N) is 4. The summed E-state index contributed by atoms with van der Waals surface area (Å²) in [6, 6.07) is 7.98. The third kappa shape index (κ3) is 4.81. The Kier molecular flexibility index (Phi) is 7.45. The molecule has 1 amide bonds. The van der Waals surface area contributed by atoms with E-state index in [2.05, 4.69) is 20.4 Å². The Labute approximate surface area is 242 Å². The first kappa shape index (κ1) is 29.5. The molecule has 41 heavy (non-hydrogen) atoms. The maximum Gasteiger partial charge on any atom is 0.398 e. The SMILES string of the molecule is CC(=O)N1CCC(c2nc(-c3cncc([C@@](O)(c4ccc(C5(C(F)(F)F)CC5)cc4)C4(C)CNC4)c3)no2)CC1.Cl. The number of hydrogen-bond acceptors (Lipinski definition) is 7. The van der Waals surface area contributed by atoms with Crippen molar-refractivity contribution in [1.82, 2.24) is 25.3 Å². The van der Waals surface area contributed by atoms with Crippen LogP contribution in [0.1, 0.15) is 68.0 Å². The Balaban J connectivity index is 0.00000337. The number of benzene rings is 1. The number of hydrogen-bond donors (Lipinski definition) is 2. The van der Waals surface area contributed by atoms with Gasteiger partial charge in [-0.2, -0.15) is 18.2 Å². The Hall–Kier alpha value is -3.02. The smallest absolute Gasteiger partial charge is 0.380 e. The van der Waals surface area contributed by atoms with Gasteiger partial charge in [-0.3, -0.25) is 9.78 Å². The molecule has 2 N–H and O–H groups in total. The van der Waals surface area contributed by atoms with Crippen molar-refractivity contribution >= 4 is 18.3 Å². The fourth-order valence-electron chi connectivity index (χ4n) is 6.23. The van der Waals surface area contributed by atoms with Crippen LogP contribution >= 0.6 is 12.4 Å². The molecule has 3 aliphatic rings. The van der Waals surface area contributed by atoms with Crippen molar-refractivity contribution in [2.24, 2.45) is 5.41 Å². The molecule has 8 nitrogen and oxygen atoms in total. The van der Waals surface area contributed by atoms with Crippen molar-refractivity contribution in [2.45, 2.75) is 62.6 Å². The van der Waals surface area contributed by atoms with Crippen LogP contribution in [0, 0.1) is 5.41 Å². The van der Waals surface area contributed by atoms with Gasteiger partial charge in [0.25, 0.3) is 0 Å². The molecule has 0 spiro atoms. The molecule has 2 aliphatic heterocycles. The average Bonchev–Trinajstić information content (AvgIpc) is 3.62. The number of halogens is 4. The second kappa shape index (κ2) is 10.4. The van der Waals surface area contributed by atoms with E-state index in [9.17, 15) is 23.1 Å². The van der Waals surface area contributed by atoms with E-state index in [1.54, 1.807) is 42.4 Å². The Morgan fingerprint density at radius 1 is 1.10 bits per heavy atom. The van der Waals surface area contributed by atoms with Crippen molar-refractivity contribution in [3.63, 3.8) is 0 Å². The summed E-state index contributed by atoms with van der Waals surface area (Å²) >= 11 is 0. The molecule has 0 radical (unpaired) electrons. The highest BCUT2D eigenvalue weighted by atomic mass is 35.5. The van der Waals surface area contributed by atoms with Crippen LogP contribution in [-0.4, -0.2) is 63.4 Å². The van der Waals surface area contributed by atoms with Gasteiger partial charge < -0.3 is 19.8 Å². The van der Waals surface area contributed by atoms with Gasteiger partial charge in [0.05, 0.1) is 5.41 Å². The van der Waals surface area contributed by atoms with E-state index in [1.807, 2.05) is 6.92 Å². The zero-order valence-corrected chi connectivity index (χ0v) is 23.7. The van der Waals surface area contributed by atoms with Crippen LogP contribution in [0.4, 0.5) is 13.2 Å². The normalized spacial score (nSPS) is 21.4. The van der Waals surface area contributed by atoms with Gasteiger partial charge in [0, 0.05) is 68.0 Å². The minimum absolute atomic E-state index is 0. The topological polar surface area (TPSA) is 104 Å². The molecule has 1 atom stereocenters. The lowest BCUT2D eigenvalue weighted by Crippen LogP contribution is -2.63. The number of carbonyl (C=O) groups is 1. The lowest BCUT2D eigenvalue weighted by atomic mass is 9.62. The van der Waals surface area contributed by atoms with Crippen molar-refractivity contribution in [2.75, 3.05) is 26.2 Å². The molecule has 1 aliphatic carbocycles. The van der Waals surface area contributed by atoms with Gasteiger partial charge in [-0.15, -0.1) is 12.4 Å². The molecule has 3 aromatic rings. The summed E-state index contributed by atoms with van der Waals surface area (Å²) in [7, 11) is 0. The van der Waals surface area contributed by atoms with Crippen LogP contribution in [0.3, 0.4) is 0 Å². The summed E-state index contributed by atoms with van der Waals surface area (Å²) in [5.41, 5.74) is -2.14. The van der Waals surface area contributed by atoms with Crippen LogP contribution in [-0.2, 0) is 15.8 Å². The number of nitrogens with one attached hydrogen (secondary N) is 1. The Morgan fingerprint density at radius 2 is 1.76 bits per heavy atom. The standard InChI is InChI=1S/C29H32F3N5O3.ClH/c1-18(38)37-11-7-19(8-12-37)25-35-24(36-40-25)20-13-23(15-33-14-20)28(39,26(2)16-34-17-26)22-5-3-21(4-6-22)27(9-10-27)29(30,31)32;/h3-6,13-15,19,34,39H,7-12,16-17H2,1-2H3;1H/t28-;/m0./s1. The van der Waals surface area contributed by atoms with E-state index in [0.29, 0.717) is 54.6 Å². The molecular weight excluding hydrogens is 559 g/mol. The number of aliphatic hydroxyl groups is 1. The molecule has 1 aromatic carbocycles. The zero-order chi connectivity index (χ0) is 28.3. The monoisotopic (exact) mass is 591 g/mol. The largest absolute Gasteiger partial charge is 0.398 e. The first-order valence-corrected chi connectivity index (χ1v) is 13.6. The highest BCUT2D eigenvalue weighted by Gasteiger charge is 2.64. The number of piperidine rings is 1. The number of alkyl halides is 3. The molecule has 2 saturated heterocycles. The molecule has 6 rings (SSSR count). The molecule has 3 fully saturated rings. The van der Waals surface area contributed by atoms with Crippen LogP contribution in [0.2, 0.25) is 0 Å². The molecule has 12 heteroatoms. The van der Waals surface area contributed by atoms with Crippen molar-refractivity contribution in [3.8, 4) is 11.4 Å². The number of carbonyl (C=O) groups excluding carboxylic acids is 1. The third-order valence-corrected chi connectivity index (χ3v) is 9.20. The highest BCUT2D eigenvalue weighted by Crippen LogP contribution is 2.59. The number of rotatable bonds is 6. The van der Waals surface area contributed by atoms with E-state index in [4.69, 9.17) is 4.52 Å². The summed E-state index contributed by atoms with van der Waals surface area (Å²) in [4.78, 5) is 22.4. The van der Waals surface area contributed by atoms with E-state index in [-0.39, 0.29) is 42.6 Å². The first-order chi connectivity index (χ1) is 19.0. The number of likely N-dealkylation sites (tertiary alicyclic amines) is 1. The quantitative estimate of drug-likeness (QED) is 0.427. The fourth-order valence-corrected chi connectivity index (χ4v) is 6.23. The number of amides is 1. The Bertz CT molecular complexity index is 1410. The summed E-state index contributed by atoms with van der Waals surface area (Å²) in [5.74, 6) is 0.948.